The Kier molecular flexibility index (Phi) is 4900. The van der Waals surface area contributed by atoms with Crippen LogP contribution in [0.25, 0.3) is 0 Å². The van der Waals surface area contributed by atoms with Crippen LogP contribution in [0.5, 0.6) is 0 Å². The second-order valence-corrected chi connectivity index (χ2v) is 0. The summed E-state index contributed by atoms with van der Waals surface area (Å²) >= 11 is 0. The van der Waals surface area contributed by atoms with E-state index >= 15 is 0 Å². The van der Waals surface area contributed by atoms with Crippen LogP contribution in [0.1, 0.15) is 0 Å². The van der Waals surface area contributed by atoms with Crippen LogP contribution in [-0.4, -0.2) is 18.9 Å². The summed E-state index contributed by atoms with van der Waals surface area (Å²) in [5, 5.41) is 0. The molecular formula is C6H18LaLi-6. The second-order valence-electron chi connectivity index (χ2n) is 0. The zero-order valence-electron chi connectivity index (χ0n) is 7.58. The molecule has 0 aromatic carbocycles. The van der Waals surface area contributed by atoms with E-state index in [1.54, 1.807) is 0 Å². The maximum atomic E-state index is 0. The van der Waals surface area contributed by atoms with Gasteiger partial charge in [0, 0.05) is 54.5 Å². The maximum Gasteiger partial charge on any atom is 0 e. The minimum Gasteiger partial charge on any atom is -0.358 e. The van der Waals surface area contributed by atoms with Crippen LogP contribution >= 0.6 is 0 Å². The van der Waals surface area contributed by atoms with Crippen LogP contribution in [0.3, 0.4) is 0 Å². The molecule has 0 fully saturated rings. The van der Waals surface area contributed by atoms with Crippen molar-refractivity contribution in [1.82, 2.24) is 0 Å². The van der Waals surface area contributed by atoms with E-state index in [4.69, 9.17) is 0 Å². The molecule has 8 heavy (non-hydrogen) atoms. The molecule has 0 spiro atoms. The molecule has 0 aliphatic rings. The van der Waals surface area contributed by atoms with Gasteiger partial charge in [0.1, 0.15) is 0 Å². The SMILES string of the molecule is [CH3-].[CH3-].[CH3-].[CH3-].[CH3-].[CH3-].[La].[Li]. The van der Waals surface area contributed by atoms with Gasteiger partial charge in [-0.1, -0.05) is 0 Å². The minimum atomic E-state index is 0. The van der Waals surface area contributed by atoms with E-state index in [0.717, 1.165) is 0 Å². The van der Waals surface area contributed by atoms with Crippen molar-refractivity contribution < 1.29 is 35.6 Å². The molecule has 0 aliphatic carbocycles. The summed E-state index contributed by atoms with van der Waals surface area (Å²) in [6.07, 6.45) is 0. The Balaban J connectivity index is 0. The number of hydrogen-bond acceptors (Lipinski definition) is 0. The number of hydrogen-bond donors (Lipinski definition) is 0. The molecule has 0 unspecified atom stereocenters. The van der Waals surface area contributed by atoms with Gasteiger partial charge in [-0.15, -0.1) is 0 Å². The summed E-state index contributed by atoms with van der Waals surface area (Å²) in [6.45, 7) is 0. The fourth-order valence-corrected chi connectivity index (χ4v) is 0. The van der Waals surface area contributed by atoms with Crippen LogP contribution in [0.2, 0.25) is 0 Å². The second kappa shape index (κ2) is 166. The predicted molar refractivity (Wildman–Crippen MR) is 44.2 cm³/mol. The molecule has 0 heterocycles. The molecule has 0 aromatic rings. The Bertz CT molecular complexity index is 8.49. The molecule has 0 bridgehead atoms. The molecule has 0 atom stereocenters. The van der Waals surface area contributed by atoms with Crippen LogP contribution in [0, 0.1) is 80.2 Å². The van der Waals surface area contributed by atoms with E-state index in [-0.39, 0.29) is 99.0 Å². The minimum absolute atomic E-state index is 0. The van der Waals surface area contributed by atoms with Gasteiger partial charge in [0.25, 0.3) is 0 Å². The molecule has 0 saturated heterocycles. The van der Waals surface area contributed by atoms with Crippen LogP contribution in [-0.2, 0) is 0 Å². The fraction of sp³-hybridized carbons (Fsp3) is 0. The van der Waals surface area contributed by atoms with Crippen molar-refractivity contribution in [2.75, 3.05) is 0 Å². The number of rotatable bonds is 0. The molecule has 0 aliphatic heterocycles. The molecule has 0 nitrogen and oxygen atoms in total. The van der Waals surface area contributed by atoms with Gasteiger partial charge in [-0.05, 0) is 0 Å². The Hall–Kier alpha value is 1.79. The van der Waals surface area contributed by atoms with Gasteiger partial charge in [-0.3, -0.25) is 0 Å². The van der Waals surface area contributed by atoms with Crippen molar-refractivity contribution in [2.45, 2.75) is 0 Å². The van der Waals surface area contributed by atoms with Gasteiger partial charge in [0.15, 0.2) is 0 Å². The average Bonchev–Trinajstić information content (AvgIpc) is 0. The molecule has 2 heteroatoms. The average molecular weight is 236 g/mol. The Labute approximate surface area is 98.0 Å². The summed E-state index contributed by atoms with van der Waals surface area (Å²) in [6, 6.07) is 0. The third-order valence-corrected chi connectivity index (χ3v) is 0. The van der Waals surface area contributed by atoms with E-state index in [1.807, 2.05) is 0 Å². The van der Waals surface area contributed by atoms with E-state index in [1.165, 1.54) is 0 Å². The van der Waals surface area contributed by atoms with Gasteiger partial charge in [-0.25, -0.2) is 0 Å². The quantitative estimate of drug-likeness (QED) is 0.447. The smallest absolute Gasteiger partial charge is 0 e. The third-order valence-electron chi connectivity index (χ3n) is 0. The zero-order chi connectivity index (χ0) is 0. The summed E-state index contributed by atoms with van der Waals surface area (Å²) < 4.78 is 0. The van der Waals surface area contributed by atoms with Crippen LogP contribution in [0.15, 0.2) is 0 Å². The first-order valence-corrected chi connectivity index (χ1v) is 0. The Morgan fingerprint density at radius 3 is 0.375 bits per heavy atom. The molecular weight excluding hydrogens is 218 g/mol. The fourth-order valence-electron chi connectivity index (χ4n) is 0. The molecule has 0 N–H and O–H groups in total. The molecule has 0 amide bonds. The molecule has 0 saturated carbocycles. The van der Waals surface area contributed by atoms with Crippen molar-refractivity contribution in [2.24, 2.45) is 0 Å². The first-order chi connectivity index (χ1) is 0. The summed E-state index contributed by atoms with van der Waals surface area (Å²) in [5.74, 6) is 0. The zero-order valence-corrected chi connectivity index (χ0v) is 11.2. The van der Waals surface area contributed by atoms with Gasteiger partial charge in [0.05, 0.1) is 0 Å². The Morgan fingerprint density at radius 2 is 0.375 bits per heavy atom. The van der Waals surface area contributed by atoms with E-state index < -0.39 is 0 Å². The van der Waals surface area contributed by atoms with Crippen molar-refractivity contribution in [3.63, 3.8) is 0 Å². The third kappa shape index (κ3) is 112. The van der Waals surface area contributed by atoms with Crippen molar-refractivity contribution in [3.05, 3.63) is 44.6 Å². The topological polar surface area (TPSA) is 0 Å². The monoisotopic (exact) mass is 236 g/mol. The predicted octanol–water partition coefficient (Wildman–Crippen LogP) is 2.32. The standard InChI is InChI=1S/6CH3.La.Li/h6*1H3;;/q6*-1;;. The van der Waals surface area contributed by atoms with Gasteiger partial charge < -0.3 is 44.6 Å². The largest absolute Gasteiger partial charge is 0.358 e. The molecule has 0 aromatic heterocycles. The molecule has 2 radical (unpaired) electrons. The van der Waals surface area contributed by atoms with E-state index in [9.17, 15) is 0 Å². The van der Waals surface area contributed by atoms with Crippen molar-refractivity contribution >= 4 is 18.9 Å². The van der Waals surface area contributed by atoms with Crippen LogP contribution < -0.4 is 0 Å². The molecule has 0 rings (SSSR count). The van der Waals surface area contributed by atoms with Gasteiger partial charge in [-0.2, -0.15) is 0 Å². The van der Waals surface area contributed by atoms with E-state index in [2.05, 4.69) is 0 Å². The maximum absolute atomic E-state index is 0. The Morgan fingerprint density at radius 1 is 0.375 bits per heavy atom. The summed E-state index contributed by atoms with van der Waals surface area (Å²) in [5.41, 5.74) is 0. The summed E-state index contributed by atoms with van der Waals surface area (Å²) in [7, 11) is 0. The first kappa shape index (κ1) is 236. The van der Waals surface area contributed by atoms with E-state index in [0.29, 0.717) is 0 Å². The first-order valence-electron chi connectivity index (χ1n) is 0. The van der Waals surface area contributed by atoms with Crippen LogP contribution in [0.4, 0.5) is 0 Å². The normalized spacial score (nSPS) is 0. The summed E-state index contributed by atoms with van der Waals surface area (Å²) in [4.78, 5) is 0. The van der Waals surface area contributed by atoms with Crippen molar-refractivity contribution in [3.8, 4) is 0 Å². The molecule has 52 valence electrons. The van der Waals surface area contributed by atoms with Gasteiger partial charge >= 0.3 is 0 Å². The van der Waals surface area contributed by atoms with Crippen molar-refractivity contribution in [1.29, 1.82) is 0 Å². The van der Waals surface area contributed by atoms with Gasteiger partial charge in [0.2, 0.25) is 0 Å².